The Balaban J connectivity index is 4.83. The average Bonchev–Trinajstić information content (AvgIpc) is 1.94. The molecule has 0 rings (SSSR count). The summed E-state index contributed by atoms with van der Waals surface area (Å²) in [4.78, 5) is 22.8. The minimum atomic E-state index is -0.392. The van der Waals surface area contributed by atoms with Crippen LogP contribution >= 0.6 is 0 Å². The van der Waals surface area contributed by atoms with E-state index in [0.717, 1.165) is 0 Å². The van der Waals surface area contributed by atoms with Crippen molar-refractivity contribution in [3.63, 3.8) is 0 Å². The molecule has 0 aromatic carbocycles. The molecular weight excluding hydrogens is 204 g/mol. The highest BCUT2D eigenvalue weighted by Gasteiger charge is 2.34. The lowest BCUT2D eigenvalue weighted by molar-refractivity contribution is -0.132. The smallest absolute Gasteiger partial charge is 0.244 e. The summed E-state index contributed by atoms with van der Waals surface area (Å²) < 4.78 is 0. The van der Waals surface area contributed by atoms with Gasteiger partial charge in [0.15, 0.2) is 0 Å². The van der Waals surface area contributed by atoms with Crippen molar-refractivity contribution in [3.05, 3.63) is 0 Å². The van der Waals surface area contributed by atoms with Gasteiger partial charge in [-0.2, -0.15) is 0 Å². The van der Waals surface area contributed by atoms with E-state index in [1.807, 2.05) is 41.5 Å². The summed E-state index contributed by atoms with van der Waals surface area (Å²) in [6.07, 6.45) is 0. The first kappa shape index (κ1) is 15.1. The standard InChI is InChI=1S/C12H24N2O2/c1-8(15)13-10(16)9(11(2,3)4)14-12(5,6)7/h9,14H,1-7H3,(H,13,15,16). The number of amides is 2. The maximum atomic E-state index is 11.9. The molecule has 0 aromatic rings. The lowest BCUT2D eigenvalue weighted by atomic mass is 9.84. The van der Waals surface area contributed by atoms with Gasteiger partial charge in [-0.15, -0.1) is 0 Å². The zero-order valence-corrected chi connectivity index (χ0v) is 11.4. The van der Waals surface area contributed by atoms with Gasteiger partial charge in [0.2, 0.25) is 11.8 Å². The summed E-state index contributed by atoms with van der Waals surface area (Å²) >= 11 is 0. The molecule has 0 fully saturated rings. The topological polar surface area (TPSA) is 58.2 Å². The Bertz CT molecular complexity index is 272. The molecule has 0 aliphatic heterocycles. The second kappa shape index (κ2) is 4.95. The van der Waals surface area contributed by atoms with Gasteiger partial charge in [0.05, 0.1) is 6.04 Å². The van der Waals surface area contributed by atoms with Gasteiger partial charge >= 0.3 is 0 Å². The van der Waals surface area contributed by atoms with E-state index in [4.69, 9.17) is 0 Å². The Morgan fingerprint density at radius 2 is 1.44 bits per heavy atom. The first-order valence-electron chi connectivity index (χ1n) is 5.52. The van der Waals surface area contributed by atoms with Crippen LogP contribution in [0.15, 0.2) is 0 Å². The maximum Gasteiger partial charge on any atom is 0.244 e. The number of carbonyl (C=O) groups excluding carboxylic acids is 2. The van der Waals surface area contributed by atoms with Crippen molar-refractivity contribution in [2.45, 2.75) is 60.0 Å². The van der Waals surface area contributed by atoms with Gasteiger partial charge < -0.3 is 5.32 Å². The molecule has 0 aliphatic rings. The van der Waals surface area contributed by atoms with Crippen LogP contribution in [0.5, 0.6) is 0 Å². The molecule has 0 heterocycles. The monoisotopic (exact) mass is 228 g/mol. The molecular formula is C12H24N2O2. The molecule has 4 nitrogen and oxygen atoms in total. The fourth-order valence-corrected chi connectivity index (χ4v) is 1.35. The molecule has 4 heteroatoms. The number of rotatable bonds is 2. The van der Waals surface area contributed by atoms with Gasteiger partial charge in [0.1, 0.15) is 0 Å². The summed E-state index contributed by atoms with van der Waals surface area (Å²) in [6.45, 7) is 13.2. The van der Waals surface area contributed by atoms with Crippen molar-refractivity contribution >= 4 is 11.8 Å². The molecule has 0 saturated carbocycles. The highest BCUT2D eigenvalue weighted by atomic mass is 16.2. The van der Waals surface area contributed by atoms with Crippen LogP contribution < -0.4 is 10.6 Å². The van der Waals surface area contributed by atoms with Crippen LogP contribution in [0.25, 0.3) is 0 Å². The van der Waals surface area contributed by atoms with Crippen LogP contribution in [0.4, 0.5) is 0 Å². The molecule has 2 N–H and O–H groups in total. The predicted molar refractivity (Wildman–Crippen MR) is 65.0 cm³/mol. The SMILES string of the molecule is CC(=O)NC(=O)C(NC(C)(C)C)C(C)(C)C. The zero-order chi connectivity index (χ0) is 13.1. The van der Waals surface area contributed by atoms with Crippen molar-refractivity contribution < 1.29 is 9.59 Å². The largest absolute Gasteiger partial charge is 0.301 e. The zero-order valence-electron chi connectivity index (χ0n) is 11.4. The minimum absolute atomic E-state index is 0.175. The van der Waals surface area contributed by atoms with Crippen LogP contribution in [-0.2, 0) is 9.59 Å². The van der Waals surface area contributed by atoms with Gasteiger partial charge in [-0.1, -0.05) is 20.8 Å². The Morgan fingerprint density at radius 1 is 1.00 bits per heavy atom. The van der Waals surface area contributed by atoms with Crippen LogP contribution in [0.3, 0.4) is 0 Å². The summed E-state index contributed by atoms with van der Waals surface area (Å²) in [6, 6.07) is -0.392. The second-order valence-electron chi connectivity index (χ2n) is 6.24. The first-order chi connectivity index (χ1) is 6.93. The Hall–Kier alpha value is -0.900. The Morgan fingerprint density at radius 3 is 1.69 bits per heavy atom. The number of nitrogens with one attached hydrogen (secondary N) is 2. The minimum Gasteiger partial charge on any atom is -0.301 e. The predicted octanol–water partition coefficient (Wildman–Crippen LogP) is 1.45. The van der Waals surface area contributed by atoms with E-state index in [-0.39, 0.29) is 22.8 Å². The number of hydrogen-bond donors (Lipinski definition) is 2. The fraction of sp³-hybridized carbons (Fsp3) is 0.833. The van der Waals surface area contributed by atoms with E-state index in [0.29, 0.717) is 0 Å². The van der Waals surface area contributed by atoms with Gasteiger partial charge in [-0.3, -0.25) is 14.9 Å². The van der Waals surface area contributed by atoms with E-state index in [9.17, 15) is 9.59 Å². The van der Waals surface area contributed by atoms with E-state index in [1.165, 1.54) is 6.92 Å². The molecule has 0 bridgehead atoms. The average molecular weight is 228 g/mol. The molecule has 1 unspecified atom stereocenters. The Kier molecular flexibility index (Phi) is 4.68. The van der Waals surface area contributed by atoms with Crippen molar-refractivity contribution in [1.29, 1.82) is 0 Å². The third kappa shape index (κ3) is 5.85. The number of carbonyl (C=O) groups is 2. The van der Waals surface area contributed by atoms with Crippen molar-refractivity contribution in [3.8, 4) is 0 Å². The molecule has 1 atom stereocenters. The van der Waals surface area contributed by atoms with Crippen LogP contribution in [-0.4, -0.2) is 23.4 Å². The number of imide groups is 1. The highest BCUT2D eigenvalue weighted by molar-refractivity contribution is 5.97. The molecule has 0 saturated heterocycles. The van der Waals surface area contributed by atoms with Crippen LogP contribution in [0.2, 0.25) is 0 Å². The van der Waals surface area contributed by atoms with Crippen LogP contribution in [0.1, 0.15) is 48.5 Å². The van der Waals surface area contributed by atoms with E-state index in [1.54, 1.807) is 0 Å². The van der Waals surface area contributed by atoms with E-state index < -0.39 is 6.04 Å². The molecule has 2 amide bonds. The molecule has 16 heavy (non-hydrogen) atoms. The maximum absolute atomic E-state index is 11.9. The Labute approximate surface area is 98.2 Å². The fourth-order valence-electron chi connectivity index (χ4n) is 1.35. The molecule has 0 aromatic heterocycles. The van der Waals surface area contributed by atoms with Gasteiger partial charge in [0.25, 0.3) is 0 Å². The van der Waals surface area contributed by atoms with Crippen molar-refractivity contribution in [1.82, 2.24) is 10.6 Å². The van der Waals surface area contributed by atoms with E-state index in [2.05, 4.69) is 10.6 Å². The summed E-state index contributed by atoms with van der Waals surface area (Å²) in [5.74, 6) is -0.593. The first-order valence-corrected chi connectivity index (χ1v) is 5.52. The van der Waals surface area contributed by atoms with Gasteiger partial charge in [0, 0.05) is 12.5 Å². The normalized spacial score (nSPS) is 14.4. The molecule has 0 radical (unpaired) electrons. The van der Waals surface area contributed by atoms with E-state index >= 15 is 0 Å². The molecule has 0 spiro atoms. The third-order valence-corrected chi connectivity index (χ3v) is 2.00. The lowest BCUT2D eigenvalue weighted by Crippen LogP contribution is -2.57. The van der Waals surface area contributed by atoms with Gasteiger partial charge in [-0.05, 0) is 26.2 Å². The summed E-state index contributed by atoms with van der Waals surface area (Å²) in [7, 11) is 0. The summed E-state index contributed by atoms with van der Waals surface area (Å²) in [5.41, 5.74) is -0.418. The van der Waals surface area contributed by atoms with Crippen LogP contribution in [0, 0.1) is 5.41 Å². The highest BCUT2D eigenvalue weighted by Crippen LogP contribution is 2.21. The lowest BCUT2D eigenvalue weighted by Gasteiger charge is -2.35. The van der Waals surface area contributed by atoms with Crippen molar-refractivity contribution in [2.75, 3.05) is 0 Å². The molecule has 94 valence electrons. The van der Waals surface area contributed by atoms with Crippen molar-refractivity contribution in [2.24, 2.45) is 5.41 Å². The second-order valence-corrected chi connectivity index (χ2v) is 6.24. The summed E-state index contributed by atoms with van der Waals surface area (Å²) in [5, 5.41) is 5.57. The number of hydrogen-bond acceptors (Lipinski definition) is 3. The van der Waals surface area contributed by atoms with Gasteiger partial charge in [-0.25, -0.2) is 0 Å². The third-order valence-electron chi connectivity index (χ3n) is 2.00. The quantitative estimate of drug-likeness (QED) is 0.752. The molecule has 0 aliphatic carbocycles.